The van der Waals surface area contributed by atoms with Crippen LogP contribution in [-0.4, -0.2) is 17.9 Å². The van der Waals surface area contributed by atoms with Crippen LogP contribution in [0.15, 0.2) is 12.2 Å². The van der Waals surface area contributed by atoms with E-state index in [9.17, 15) is 9.59 Å². The summed E-state index contributed by atoms with van der Waals surface area (Å²) in [6.07, 6.45) is 9.60. The maximum absolute atomic E-state index is 12.5. The number of carbonyl (C=O) groups is 2. The minimum atomic E-state index is -0.466. The molecule has 3 rings (SSSR count). The van der Waals surface area contributed by atoms with Gasteiger partial charge in [0.1, 0.15) is 11.9 Å². The topological polar surface area (TPSA) is 43.4 Å². The summed E-state index contributed by atoms with van der Waals surface area (Å²) in [5, 5.41) is 0. The van der Waals surface area contributed by atoms with Crippen molar-refractivity contribution in [3.05, 3.63) is 12.2 Å². The highest BCUT2D eigenvalue weighted by atomic mass is 16.5. The van der Waals surface area contributed by atoms with Crippen LogP contribution in [0.25, 0.3) is 0 Å². The van der Waals surface area contributed by atoms with Gasteiger partial charge in [0.15, 0.2) is 0 Å². The monoisotopic (exact) mass is 276 g/mol. The summed E-state index contributed by atoms with van der Waals surface area (Å²) in [5.74, 6) is 1.61. The number of allylic oxidation sites excluding steroid dienone is 1. The molecule has 0 aromatic rings. The summed E-state index contributed by atoms with van der Waals surface area (Å²) in [5.41, 5.74) is -0.466. The molecule has 3 nitrogen and oxygen atoms in total. The largest absolute Gasteiger partial charge is 0.461 e. The lowest BCUT2D eigenvalue weighted by Crippen LogP contribution is -2.39. The molecule has 110 valence electrons. The van der Waals surface area contributed by atoms with Crippen LogP contribution in [0.4, 0.5) is 0 Å². The van der Waals surface area contributed by atoms with Gasteiger partial charge in [-0.25, -0.2) is 0 Å². The number of fused-ring (bicyclic) bond motifs is 2. The van der Waals surface area contributed by atoms with Crippen LogP contribution < -0.4 is 0 Å². The van der Waals surface area contributed by atoms with Gasteiger partial charge in [-0.1, -0.05) is 12.2 Å². The van der Waals surface area contributed by atoms with Crippen LogP contribution in [-0.2, 0) is 14.3 Å². The highest BCUT2D eigenvalue weighted by molar-refractivity contribution is 5.80. The Kier molecular flexibility index (Phi) is 3.47. The van der Waals surface area contributed by atoms with Gasteiger partial charge < -0.3 is 4.74 Å². The van der Waals surface area contributed by atoms with Crippen LogP contribution in [0.5, 0.6) is 0 Å². The zero-order valence-corrected chi connectivity index (χ0v) is 12.4. The van der Waals surface area contributed by atoms with E-state index in [2.05, 4.69) is 12.2 Å². The molecule has 0 saturated heterocycles. The molecule has 3 aliphatic carbocycles. The Morgan fingerprint density at radius 2 is 1.90 bits per heavy atom. The van der Waals surface area contributed by atoms with Crippen molar-refractivity contribution in [3.63, 3.8) is 0 Å². The second-order valence-electron chi connectivity index (χ2n) is 7.26. The van der Waals surface area contributed by atoms with Gasteiger partial charge in [0.25, 0.3) is 0 Å². The molecule has 3 atom stereocenters. The molecule has 3 heteroatoms. The molecule has 0 amide bonds. The number of rotatable bonds is 3. The van der Waals surface area contributed by atoms with E-state index < -0.39 is 5.41 Å². The maximum atomic E-state index is 12.5. The summed E-state index contributed by atoms with van der Waals surface area (Å²) in [6.45, 7) is 3.97. The average Bonchev–Trinajstić information content (AvgIpc) is 3.01. The van der Waals surface area contributed by atoms with Crippen molar-refractivity contribution in [2.45, 2.75) is 58.5 Å². The van der Waals surface area contributed by atoms with Crippen molar-refractivity contribution in [2.24, 2.45) is 23.2 Å². The minimum Gasteiger partial charge on any atom is -0.461 e. The van der Waals surface area contributed by atoms with Crippen molar-refractivity contribution in [3.8, 4) is 0 Å². The lowest BCUT2D eigenvalue weighted by Gasteiger charge is -2.35. The summed E-state index contributed by atoms with van der Waals surface area (Å²) in [4.78, 5) is 23.9. The van der Waals surface area contributed by atoms with Crippen molar-refractivity contribution >= 4 is 11.8 Å². The molecule has 0 aliphatic heterocycles. The molecule has 0 heterocycles. The molecule has 2 fully saturated rings. The SMILES string of the molecule is CC(C)(C(=O)OC1CC2C=CC1C2)C1CCC(=O)CC1. The summed E-state index contributed by atoms with van der Waals surface area (Å²) < 4.78 is 5.81. The predicted octanol–water partition coefficient (Wildman–Crippen LogP) is 3.28. The van der Waals surface area contributed by atoms with E-state index in [1.807, 2.05) is 13.8 Å². The molecular weight excluding hydrogens is 252 g/mol. The number of hydrogen-bond acceptors (Lipinski definition) is 3. The van der Waals surface area contributed by atoms with Crippen LogP contribution >= 0.6 is 0 Å². The van der Waals surface area contributed by atoms with Crippen LogP contribution in [0.2, 0.25) is 0 Å². The van der Waals surface area contributed by atoms with Crippen molar-refractivity contribution in [1.29, 1.82) is 0 Å². The first-order valence-corrected chi connectivity index (χ1v) is 7.88. The quantitative estimate of drug-likeness (QED) is 0.587. The molecular formula is C17H24O3. The highest BCUT2D eigenvalue weighted by Crippen LogP contribution is 2.43. The van der Waals surface area contributed by atoms with E-state index >= 15 is 0 Å². The Hall–Kier alpha value is -1.12. The molecule has 3 aliphatic rings. The Balaban J connectivity index is 1.60. The number of hydrogen-bond donors (Lipinski definition) is 0. The fourth-order valence-electron chi connectivity index (χ4n) is 3.98. The first kappa shape index (κ1) is 13.8. The smallest absolute Gasteiger partial charge is 0.312 e. The molecule has 2 bridgehead atoms. The molecule has 0 radical (unpaired) electrons. The summed E-state index contributed by atoms with van der Waals surface area (Å²) in [6, 6.07) is 0. The fraction of sp³-hybridized carbons (Fsp3) is 0.765. The van der Waals surface area contributed by atoms with Crippen LogP contribution in [0.3, 0.4) is 0 Å². The molecule has 0 aromatic carbocycles. The number of Topliss-reactive ketones (excluding diaryl/α,β-unsaturated/α-hetero) is 1. The summed E-state index contributed by atoms with van der Waals surface area (Å²) >= 11 is 0. The van der Waals surface area contributed by atoms with Crippen LogP contribution in [0, 0.1) is 23.2 Å². The molecule has 0 aromatic heterocycles. The third kappa shape index (κ3) is 2.43. The highest BCUT2D eigenvalue weighted by Gasteiger charge is 2.44. The van der Waals surface area contributed by atoms with E-state index in [1.54, 1.807) is 0 Å². The van der Waals surface area contributed by atoms with Crippen molar-refractivity contribution in [2.75, 3.05) is 0 Å². The first-order chi connectivity index (χ1) is 9.46. The number of esters is 1. The second-order valence-corrected chi connectivity index (χ2v) is 7.26. The van der Waals surface area contributed by atoms with E-state index in [0.29, 0.717) is 30.5 Å². The molecule has 0 spiro atoms. The van der Waals surface area contributed by atoms with Gasteiger partial charge in [0.2, 0.25) is 0 Å². The van der Waals surface area contributed by atoms with Gasteiger partial charge in [0.05, 0.1) is 5.41 Å². The fourth-order valence-corrected chi connectivity index (χ4v) is 3.98. The van der Waals surface area contributed by atoms with Crippen molar-refractivity contribution in [1.82, 2.24) is 0 Å². The lowest BCUT2D eigenvalue weighted by atomic mass is 9.71. The Morgan fingerprint density at radius 1 is 1.20 bits per heavy atom. The number of carbonyl (C=O) groups excluding carboxylic acids is 2. The standard InChI is InChI=1S/C17H24O3/c1-17(2,13-5-7-14(18)8-6-13)16(19)20-15-10-11-3-4-12(15)9-11/h3-4,11-13,15H,5-10H2,1-2H3. The van der Waals surface area contributed by atoms with Gasteiger partial charge in [-0.05, 0) is 51.4 Å². The van der Waals surface area contributed by atoms with E-state index in [1.165, 1.54) is 0 Å². The third-order valence-corrected chi connectivity index (χ3v) is 5.57. The molecule has 0 N–H and O–H groups in total. The van der Waals surface area contributed by atoms with E-state index in [0.717, 1.165) is 25.7 Å². The van der Waals surface area contributed by atoms with Gasteiger partial charge in [-0.15, -0.1) is 0 Å². The average molecular weight is 276 g/mol. The van der Waals surface area contributed by atoms with Gasteiger partial charge >= 0.3 is 5.97 Å². The molecule has 20 heavy (non-hydrogen) atoms. The van der Waals surface area contributed by atoms with Crippen molar-refractivity contribution < 1.29 is 14.3 Å². The first-order valence-electron chi connectivity index (χ1n) is 7.88. The zero-order chi connectivity index (χ0) is 14.3. The van der Waals surface area contributed by atoms with Gasteiger partial charge in [0, 0.05) is 18.8 Å². The normalized spacial score (nSPS) is 33.7. The lowest BCUT2D eigenvalue weighted by molar-refractivity contribution is -0.165. The third-order valence-electron chi connectivity index (χ3n) is 5.57. The van der Waals surface area contributed by atoms with Crippen LogP contribution in [0.1, 0.15) is 52.4 Å². The summed E-state index contributed by atoms with van der Waals surface area (Å²) in [7, 11) is 0. The van der Waals surface area contributed by atoms with E-state index in [4.69, 9.17) is 4.74 Å². The maximum Gasteiger partial charge on any atom is 0.312 e. The van der Waals surface area contributed by atoms with Gasteiger partial charge in [-0.2, -0.15) is 0 Å². The molecule has 2 saturated carbocycles. The van der Waals surface area contributed by atoms with Gasteiger partial charge in [-0.3, -0.25) is 9.59 Å². The minimum absolute atomic E-state index is 0.0669. The Labute approximate surface area is 120 Å². The van der Waals surface area contributed by atoms with E-state index in [-0.39, 0.29) is 18.0 Å². The number of ketones is 1. The Morgan fingerprint density at radius 3 is 2.45 bits per heavy atom. The predicted molar refractivity (Wildman–Crippen MR) is 76.0 cm³/mol. The zero-order valence-electron chi connectivity index (χ0n) is 12.4. The Bertz CT molecular complexity index is 439. The second kappa shape index (κ2) is 5.01. The number of ether oxygens (including phenoxy) is 1. The molecule has 3 unspecified atom stereocenters.